The van der Waals surface area contributed by atoms with E-state index in [2.05, 4.69) is 5.09 Å². The SMILES string of the molecule is [B][C@@H]1O[C@H](COC(C)C)C2OP(=O)([O-])N[C@@H]21. The van der Waals surface area contributed by atoms with Crippen LogP contribution in [0.2, 0.25) is 0 Å². The van der Waals surface area contributed by atoms with Gasteiger partial charge in [-0.3, -0.25) is 4.57 Å². The molecule has 0 aromatic rings. The second kappa shape index (κ2) is 4.40. The molecule has 0 amide bonds. The number of hydrogen-bond donors (Lipinski definition) is 1. The van der Waals surface area contributed by atoms with E-state index in [9.17, 15) is 9.46 Å². The predicted molar refractivity (Wildman–Crippen MR) is 54.9 cm³/mol. The van der Waals surface area contributed by atoms with Gasteiger partial charge in [-0.2, -0.15) is 0 Å². The third-order valence-corrected chi connectivity index (χ3v) is 3.70. The van der Waals surface area contributed by atoms with Crippen molar-refractivity contribution in [2.24, 2.45) is 0 Å². The van der Waals surface area contributed by atoms with Crippen molar-refractivity contribution in [3.05, 3.63) is 0 Å². The molecule has 6 nitrogen and oxygen atoms in total. The third kappa shape index (κ3) is 2.50. The highest BCUT2D eigenvalue weighted by molar-refractivity contribution is 7.49. The molecule has 0 aromatic carbocycles. The first kappa shape index (κ1) is 12.5. The van der Waals surface area contributed by atoms with Gasteiger partial charge >= 0.3 is 0 Å². The van der Waals surface area contributed by atoms with Gasteiger partial charge in [0, 0.05) is 6.00 Å². The largest absolute Gasteiger partial charge is 0.766 e. The van der Waals surface area contributed by atoms with Crippen LogP contribution >= 0.6 is 7.75 Å². The molecule has 2 unspecified atom stereocenters. The molecule has 0 saturated carbocycles. The van der Waals surface area contributed by atoms with E-state index in [-0.39, 0.29) is 12.7 Å². The molecule has 2 aliphatic rings. The van der Waals surface area contributed by atoms with Crippen LogP contribution in [0, 0.1) is 0 Å². The molecule has 2 fully saturated rings. The fourth-order valence-corrected chi connectivity index (χ4v) is 3.16. The molecule has 0 spiro atoms. The summed E-state index contributed by atoms with van der Waals surface area (Å²) in [7, 11) is 1.70. The Morgan fingerprint density at radius 2 is 2.31 bits per heavy atom. The van der Waals surface area contributed by atoms with E-state index in [4.69, 9.17) is 21.8 Å². The van der Waals surface area contributed by atoms with Gasteiger partial charge in [0.25, 0.3) is 0 Å². The summed E-state index contributed by atoms with van der Waals surface area (Å²) in [6.45, 7) is 4.05. The molecule has 1 N–H and O–H groups in total. The Bertz CT molecular complexity index is 315. The Morgan fingerprint density at radius 3 is 2.94 bits per heavy atom. The Morgan fingerprint density at radius 1 is 1.62 bits per heavy atom. The van der Waals surface area contributed by atoms with Gasteiger partial charge in [0.2, 0.25) is 7.75 Å². The number of hydrogen-bond acceptors (Lipinski definition) is 5. The highest BCUT2D eigenvalue weighted by Crippen LogP contribution is 2.46. The second-order valence-electron chi connectivity index (χ2n) is 4.24. The van der Waals surface area contributed by atoms with Crippen LogP contribution in [0.25, 0.3) is 0 Å². The maximum absolute atomic E-state index is 11.2. The fraction of sp³-hybridized carbons (Fsp3) is 1.00. The molecule has 2 rings (SSSR count). The van der Waals surface area contributed by atoms with Crippen molar-refractivity contribution in [1.82, 2.24) is 5.09 Å². The van der Waals surface area contributed by atoms with Crippen molar-refractivity contribution in [2.75, 3.05) is 6.61 Å². The van der Waals surface area contributed by atoms with Crippen LogP contribution < -0.4 is 9.98 Å². The van der Waals surface area contributed by atoms with Gasteiger partial charge in [-0.05, 0) is 13.8 Å². The third-order valence-electron chi connectivity index (χ3n) is 2.57. The zero-order valence-electron chi connectivity index (χ0n) is 9.16. The molecule has 8 heteroatoms. The van der Waals surface area contributed by atoms with Gasteiger partial charge in [0.05, 0.1) is 18.8 Å². The summed E-state index contributed by atoms with van der Waals surface area (Å²) >= 11 is 0. The van der Waals surface area contributed by atoms with E-state index in [1.54, 1.807) is 0 Å². The smallest absolute Gasteiger partial charge is 0.205 e. The molecule has 5 atom stereocenters. The minimum Gasteiger partial charge on any atom is -0.766 e. The van der Waals surface area contributed by atoms with Crippen LogP contribution in [0.4, 0.5) is 0 Å². The molecule has 0 bridgehead atoms. The first-order valence-electron chi connectivity index (χ1n) is 5.19. The van der Waals surface area contributed by atoms with Gasteiger partial charge < -0.3 is 18.9 Å². The lowest BCUT2D eigenvalue weighted by Crippen LogP contribution is -2.37. The Kier molecular flexibility index (Phi) is 3.45. The first-order chi connectivity index (χ1) is 7.39. The summed E-state index contributed by atoms with van der Waals surface area (Å²) in [4.78, 5) is 11.2. The van der Waals surface area contributed by atoms with Crippen molar-refractivity contribution in [2.45, 2.75) is 44.2 Å². The monoisotopic (exact) mass is 246 g/mol. The molecule has 0 aromatic heterocycles. The highest BCUT2D eigenvalue weighted by Gasteiger charge is 2.50. The van der Waals surface area contributed by atoms with E-state index < -0.39 is 32.0 Å². The van der Waals surface area contributed by atoms with Crippen molar-refractivity contribution in [3.8, 4) is 0 Å². The van der Waals surface area contributed by atoms with Gasteiger partial charge in [-0.25, -0.2) is 5.09 Å². The number of ether oxygens (including phenoxy) is 2. The molecule has 2 radical (unpaired) electrons. The van der Waals surface area contributed by atoms with Crippen LogP contribution in [-0.2, 0) is 18.6 Å². The zero-order chi connectivity index (χ0) is 11.9. The van der Waals surface area contributed by atoms with E-state index >= 15 is 0 Å². The summed E-state index contributed by atoms with van der Waals surface area (Å²) < 4.78 is 26.9. The van der Waals surface area contributed by atoms with Crippen LogP contribution in [0.3, 0.4) is 0 Å². The van der Waals surface area contributed by atoms with Crippen molar-refractivity contribution in [3.63, 3.8) is 0 Å². The van der Waals surface area contributed by atoms with Crippen LogP contribution in [0.5, 0.6) is 0 Å². The van der Waals surface area contributed by atoms with Gasteiger partial charge in [-0.1, -0.05) is 0 Å². The lowest BCUT2D eigenvalue weighted by molar-refractivity contribution is -0.202. The molecule has 16 heavy (non-hydrogen) atoms. The lowest BCUT2D eigenvalue weighted by atomic mass is 9.91. The summed E-state index contributed by atoms with van der Waals surface area (Å²) in [5, 5.41) is 2.33. The maximum atomic E-state index is 11.2. The van der Waals surface area contributed by atoms with Crippen molar-refractivity contribution in [1.29, 1.82) is 0 Å². The molecule has 2 aliphatic heterocycles. The minimum absolute atomic E-state index is 0.0484. The quantitative estimate of drug-likeness (QED) is 0.515. The second-order valence-corrected chi connectivity index (χ2v) is 5.71. The summed E-state index contributed by atoms with van der Waals surface area (Å²) in [5.41, 5.74) is 0. The number of rotatable bonds is 3. The van der Waals surface area contributed by atoms with Crippen LogP contribution in [0.15, 0.2) is 0 Å². The van der Waals surface area contributed by atoms with Crippen LogP contribution in [0.1, 0.15) is 13.8 Å². The first-order valence-corrected chi connectivity index (χ1v) is 6.73. The Hall–Kier alpha value is 0.0949. The zero-order valence-corrected chi connectivity index (χ0v) is 10.1. The average molecular weight is 246 g/mol. The molecular weight excluding hydrogens is 232 g/mol. The molecule has 2 heterocycles. The predicted octanol–water partition coefficient (Wildman–Crippen LogP) is -0.870. The maximum Gasteiger partial charge on any atom is 0.205 e. The summed E-state index contributed by atoms with van der Waals surface area (Å²) in [5.74, 6) is 0. The topological polar surface area (TPSA) is 79.9 Å². The highest BCUT2D eigenvalue weighted by atomic mass is 31.2. The molecule has 2 saturated heterocycles. The van der Waals surface area contributed by atoms with Gasteiger partial charge in [0.1, 0.15) is 20.1 Å². The molecule has 0 aliphatic carbocycles. The standard InChI is InChI=1S/C8H15BNO5P/c1-4(2)13-3-5-7-6(8(9)14-5)10-16(11,12)15-7/h4-8H,3H2,1-2H3,(H2,10,11,12)/p-1/t5-,6+,7?,8-/m1/s1. The van der Waals surface area contributed by atoms with Gasteiger partial charge in [-0.15, -0.1) is 0 Å². The number of fused-ring (bicyclic) bond motifs is 1. The average Bonchev–Trinajstić information content (AvgIpc) is 2.59. The van der Waals surface area contributed by atoms with E-state index in [1.165, 1.54) is 0 Å². The number of nitrogens with one attached hydrogen (secondary N) is 1. The van der Waals surface area contributed by atoms with Crippen molar-refractivity contribution < 1.29 is 23.5 Å². The minimum atomic E-state index is -3.96. The van der Waals surface area contributed by atoms with Gasteiger partial charge in [0.15, 0.2) is 0 Å². The lowest BCUT2D eigenvalue weighted by Gasteiger charge is -2.22. The molecule has 90 valence electrons. The summed E-state index contributed by atoms with van der Waals surface area (Å²) in [6.07, 6.45) is -0.982. The van der Waals surface area contributed by atoms with E-state index in [0.29, 0.717) is 0 Å². The Balaban J connectivity index is 1.99. The normalized spacial score (nSPS) is 47.5. The van der Waals surface area contributed by atoms with E-state index in [1.807, 2.05) is 13.8 Å². The van der Waals surface area contributed by atoms with Crippen molar-refractivity contribution >= 4 is 15.6 Å². The van der Waals surface area contributed by atoms with Crippen LogP contribution in [-0.4, -0.2) is 44.8 Å². The Labute approximate surface area is 95.6 Å². The molecular formula is C8H14BNO5P-. The van der Waals surface area contributed by atoms with E-state index in [0.717, 1.165) is 0 Å². The fourth-order valence-electron chi connectivity index (χ4n) is 1.86. The summed E-state index contributed by atoms with van der Waals surface area (Å²) in [6, 6.07) is -1.19.